The summed E-state index contributed by atoms with van der Waals surface area (Å²) in [5.74, 6) is -1.07. The minimum absolute atomic E-state index is 0.263. The van der Waals surface area contributed by atoms with E-state index in [2.05, 4.69) is 0 Å². The maximum absolute atomic E-state index is 12.8. The molecule has 4 heteroatoms. The van der Waals surface area contributed by atoms with E-state index in [0.717, 1.165) is 24.8 Å². The van der Waals surface area contributed by atoms with Gasteiger partial charge in [0, 0.05) is 18.4 Å². The third-order valence-corrected chi connectivity index (χ3v) is 2.84. The van der Waals surface area contributed by atoms with Gasteiger partial charge in [-0.05, 0) is 18.6 Å². The van der Waals surface area contributed by atoms with E-state index >= 15 is 0 Å². The van der Waals surface area contributed by atoms with Gasteiger partial charge in [-0.15, -0.1) is 0 Å². The summed E-state index contributed by atoms with van der Waals surface area (Å²) < 4.78 is 18.4. The largest absolute Gasteiger partial charge is 0.311 e. The van der Waals surface area contributed by atoms with E-state index in [1.165, 1.54) is 12.1 Å². The predicted octanol–water partition coefficient (Wildman–Crippen LogP) is 2.47. The van der Waals surface area contributed by atoms with Gasteiger partial charge in [-0.3, -0.25) is 0 Å². The monoisotopic (exact) mass is 210 g/mol. The molecule has 80 valence electrons. The first-order valence-electron chi connectivity index (χ1n) is 5.07. The van der Waals surface area contributed by atoms with Crippen molar-refractivity contribution >= 4 is 0 Å². The Morgan fingerprint density at radius 2 is 2.07 bits per heavy atom. The van der Waals surface area contributed by atoms with Crippen molar-refractivity contribution in [1.29, 1.82) is 0 Å². The zero-order valence-corrected chi connectivity index (χ0v) is 8.11. The van der Waals surface area contributed by atoms with Gasteiger partial charge in [0.05, 0.1) is 0 Å². The van der Waals surface area contributed by atoms with Gasteiger partial charge in [-0.2, -0.15) is 4.89 Å². The van der Waals surface area contributed by atoms with Gasteiger partial charge in [-0.1, -0.05) is 12.1 Å². The van der Waals surface area contributed by atoms with E-state index in [-0.39, 0.29) is 12.1 Å². The van der Waals surface area contributed by atoms with Crippen LogP contribution in [0.1, 0.15) is 24.8 Å². The lowest BCUT2D eigenvalue weighted by atomic mass is 9.97. The molecule has 0 aliphatic carbocycles. The Bertz CT molecular complexity index is 361. The van der Waals surface area contributed by atoms with Crippen molar-refractivity contribution < 1.29 is 18.9 Å². The summed E-state index contributed by atoms with van der Waals surface area (Å²) in [5.41, 5.74) is 0.811. The molecule has 3 nitrogen and oxygen atoms in total. The average Bonchev–Trinajstić information content (AvgIpc) is 2.56. The number of hydrogen-bond acceptors (Lipinski definition) is 3. The number of halogens is 1. The Hall–Kier alpha value is -0.970. The third kappa shape index (κ3) is 1.45. The molecule has 0 aromatic heterocycles. The summed E-state index contributed by atoms with van der Waals surface area (Å²) in [4.78, 5) is 10.3. The fourth-order valence-electron chi connectivity index (χ4n) is 2.06. The summed E-state index contributed by atoms with van der Waals surface area (Å²) in [6.45, 7) is 0. The highest BCUT2D eigenvalue weighted by Gasteiger charge is 2.48. The van der Waals surface area contributed by atoms with Gasteiger partial charge in [-0.25, -0.2) is 9.28 Å². The van der Waals surface area contributed by atoms with Crippen LogP contribution in [0.25, 0.3) is 0 Å². The summed E-state index contributed by atoms with van der Waals surface area (Å²) in [7, 11) is 0. The number of rotatable bonds is 1. The van der Waals surface area contributed by atoms with Gasteiger partial charge in [0.1, 0.15) is 5.82 Å². The highest BCUT2D eigenvalue weighted by molar-refractivity contribution is 5.22. The van der Waals surface area contributed by atoms with Crippen molar-refractivity contribution in [3.8, 4) is 0 Å². The first-order chi connectivity index (χ1) is 7.28. The van der Waals surface area contributed by atoms with Gasteiger partial charge < -0.3 is 4.74 Å². The van der Waals surface area contributed by atoms with Crippen LogP contribution in [0.2, 0.25) is 0 Å². The Labute approximate surface area is 86.7 Å². The fourth-order valence-corrected chi connectivity index (χ4v) is 2.06. The molecule has 2 aliphatic rings. The highest BCUT2D eigenvalue weighted by Crippen LogP contribution is 2.44. The molecular formula is C11H11FO3. The molecule has 2 saturated heterocycles. The average molecular weight is 210 g/mol. The normalized spacial score (nSPS) is 34.3. The van der Waals surface area contributed by atoms with E-state index in [0.29, 0.717) is 0 Å². The lowest BCUT2D eigenvalue weighted by Gasteiger charge is -2.28. The summed E-state index contributed by atoms with van der Waals surface area (Å²) in [5, 5.41) is 0. The molecule has 0 spiro atoms. The van der Waals surface area contributed by atoms with Crippen LogP contribution < -0.4 is 0 Å². The molecule has 2 aliphatic heterocycles. The molecule has 2 heterocycles. The molecule has 2 fully saturated rings. The maximum Gasteiger partial charge on any atom is 0.230 e. The van der Waals surface area contributed by atoms with Crippen molar-refractivity contribution in [3.63, 3.8) is 0 Å². The molecule has 0 radical (unpaired) electrons. The molecular weight excluding hydrogens is 199 g/mol. The van der Waals surface area contributed by atoms with Crippen LogP contribution in [0.4, 0.5) is 4.39 Å². The van der Waals surface area contributed by atoms with Crippen LogP contribution in [-0.4, -0.2) is 6.29 Å². The number of ether oxygens (including phenoxy) is 1. The molecule has 0 saturated carbocycles. The van der Waals surface area contributed by atoms with Crippen LogP contribution >= 0.6 is 0 Å². The number of hydrogen-bond donors (Lipinski definition) is 0. The van der Waals surface area contributed by atoms with Crippen molar-refractivity contribution in [1.82, 2.24) is 0 Å². The fraction of sp³-hybridized carbons (Fsp3) is 0.455. The van der Waals surface area contributed by atoms with Crippen LogP contribution in [0.15, 0.2) is 24.3 Å². The SMILES string of the molecule is Fc1ccc([C@@]23CCC[C@@H](OO2)O3)cc1. The van der Waals surface area contributed by atoms with E-state index in [1.54, 1.807) is 12.1 Å². The van der Waals surface area contributed by atoms with Crippen molar-refractivity contribution in [2.45, 2.75) is 31.3 Å². The molecule has 1 aromatic rings. The lowest BCUT2D eigenvalue weighted by Crippen LogP contribution is -2.31. The molecule has 15 heavy (non-hydrogen) atoms. The van der Waals surface area contributed by atoms with Crippen molar-refractivity contribution in [2.24, 2.45) is 0 Å². The van der Waals surface area contributed by atoms with Crippen LogP contribution in [0, 0.1) is 5.82 Å². The Balaban J connectivity index is 1.95. The summed E-state index contributed by atoms with van der Waals surface area (Å²) in [6, 6.07) is 6.15. The van der Waals surface area contributed by atoms with E-state index < -0.39 is 5.79 Å². The van der Waals surface area contributed by atoms with Gasteiger partial charge in [0.2, 0.25) is 5.79 Å². The molecule has 3 rings (SSSR count). The molecule has 0 N–H and O–H groups in total. The van der Waals surface area contributed by atoms with Gasteiger partial charge >= 0.3 is 0 Å². The second kappa shape index (κ2) is 3.27. The minimum Gasteiger partial charge on any atom is -0.311 e. The predicted molar refractivity (Wildman–Crippen MR) is 49.0 cm³/mol. The lowest BCUT2D eigenvalue weighted by molar-refractivity contribution is -0.331. The number of fused-ring (bicyclic) bond motifs is 2. The summed E-state index contributed by atoms with van der Waals surface area (Å²) >= 11 is 0. The number of benzene rings is 1. The topological polar surface area (TPSA) is 27.7 Å². The Kier molecular flexibility index (Phi) is 2.02. The van der Waals surface area contributed by atoms with Crippen LogP contribution in [0.5, 0.6) is 0 Å². The maximum atomic E-state index is 12.8. The standard InChI is InChI=1S/C11H11FO3/c12-9-5-3-8(4-6-9)11-7-1-2-10(13-11)14-15-11/h3-6,10H,1-2,7H2/t10-,11-/m1/s1. The summed E-state index contributed by atoms with van der Waals surface area (Å²) in [6.07, 6.45) is 2.31. The van der Waals surface area contributed by atoms with Gasteiger partial charge in [0.15, 0.2) is 6.29 Å². The second-order valence-corrected chi connectivity index (χ2v) is 3.88. The zero-order valence-electron chi connectivity index (χ0n) is 8.11. The minimum atomic E-state index is -0.809. The van der Waals surface area contributed by atoms with E-state index in [9.17, 15) is 4.39 Å². The van der Waals surface area contributed by atoms with E-state index in [4.69, 9.17) is 14.5 Å². The molecule has 1 aromatic carbocycles. The zero-order chi connectivity index (χ0) is 10.3. The molecule has 0 amide bonds. The Morgan fingerprint density at radius 1 is 1.27 bits per heavy atom. The molecule has 2 atom stereocenters. The quantitative estimate of drug-likeness (QED) is 0.666. The first kappa shape index (κ1) is 9.27. The smallest absolute Gasteiger partial charge is 0.230 e. The Morgan fingerprint density at radius 3 is 2.87 bits per heavy atom. The van der Waals surface area contributed by atoms with Crippen LogP contribution in [0.3, 0.4) is 0 Å². The molecule has 0 unspecified atom stereocenters. The third-order valence-electron chi connectivity index (χ3n) is 2.84. The van der Waals surface area contributed by atoms with Crippen LogP contribution in [-0.2, 0) is 20.3 Å². The first-order valence-corrected chi connectivity index (χ1v) is 5.07. The second-order valence-electron chi connectivity index (χ2n) is 3.88. The van der Waals surface area contributed by atoms with Crippen molar-refractivity contribution in [3.05, 3.63) is 35.6 Å². The van der Waals surface area contributed by atoms with Gasteiger partial charge in [0.25, 0.3) is 0 Å². The highest BCUT2D eigenvalue weighted by atomic mass is 19.1. The molecule has 2 bridgehead atoms. The van der Waals surface area contributed by atoms with E-state index in [1.807, 2.05) is 0 Å². The van der Waals surface area contributed by atoms with Crippen molar-refractivity contribution in [2.75, 3.05) is 0 Å².